The molecule has 0 unspecified atom stereocenters. The average molecular weight is 414 g/mol. The lowest BCUT2D eigenvalue weighted by atomic mass is 9.87. The van der Waals surface area contributed by atoms with E-state index in [0.29, 0.717) is 22.8 Å². The van der Waals surface area contributed by atoms with Crippen LogP contribution in [0.25, 0.3) is 16.9 Å². The number of carbonyl (C=O) groups is 1. The number of rotatable bonds is 3. The molecule has 7 nitrogen and oxygen atoms in total. The lowest BCUT2D eigenvalue weighted by molar-refractivity contribution is 0.102. The number of ether oxygens (including phenoxy) is 2. The second-order valence-corrected chi connectivity index (χ2v) is 8.50. The first-order valence-corrected chi connectivity index (χ1v) is 10.1. The molecule has 0 radical (unpaired) electrons. The van der Waals surface area contributed by atoms with Crippen molar-refractivity contribution in [1.82, 2.24) is 14.6 Å². The summed E-state index contributed by atoms with van der Waals surface area (Å²) in [5.74, 6) is 1.67. The van der Waals surface area contributed by atoms with Crippen LogP contribution in [0, 0.1) is 0 Å². The summed E-state index contributed by atoms with van der Waals surface area (Å²) in [6.45, 7) is 6.66. The van der Waals surface area contributed by atoms with Crippen LogP contribution in [-0.4, -0.2) is 27.3 Å². The molecule has 3 heterocycles. The largest absolute Gasteiger partial charge is 0.454 e. The minimum absolute atomic E-state index is 0.0396. The number of anilines is 1. The Morgan fingerprint density at radius 3 is 2.55 bits per heavy atom. The highest BCUT2D eigenvalue weighted by molar-refractivity contribution is 6.03. The predicted molar refractivity (Wildman–Crippen MR) is 118 cm³/mol. The highest BCUT2D eigenvalue weighted by Gasteiger charge is 2.16. The van der Waals surface area contributed by atoms with Gasteiger partial charge in [-0.25, -0.2) is 9.50 Å². The van der Waals surface area contributed by atoms with Crippen LogP contribution in [0.15, 0.2) is 60.8 Å². The van der Waals surface area contributed by atoms with Gasteiger partial charge in [-0.1, -0.05) is 32.9 Å². The van der Waals surface area contributed by atoms with E-state index >= 15 is 0 Å². The van der Waals surface area contributed by atoms with Gasteiger partial charge in [-0.05, 0) is 53.4 Å². The fraction of sp³-hybridized carbons (Fsp3) is 0.208. The van der Waals surface area contributed by atoms with Crippen LogP contribution in [-0.2, 0) is 5.41 Å². The third-order valence-electron chi connectivity index (χ3n) is 5.24. The third-order valence-corrected chi connectivity index (χ3v) is 5.24. The van der Waals surface area contributed by atoms with E-state index in [-0.39, 0.29) is 18.1 Å². The van der Waals surface area contributed by atoms with E-state index in [0.717, 1.165) is 17.0 Å². The van der Waals surface area contributed by atoms with Crippen LogP contribution in [0.1, 0.15) is 36.7 Å². The summed E-state index contributed by atoms with van der Waals surface area (Å²) in [6.07, 6.45) is 1.70. The summed E-state index contributed by atoms with van der Waals surface area (Å²) >= 11 is 0. The number of benzene rings is 2. The van der Waals surface area contributed by atoms with Crippen LogP contribution in [0.2, 0.25) is 0 Å². The number of hydrogen-bond donors (Lipinski definition) is 1. The minimum Gasteiger partial charge on any atom is -0.454 e. The molecular weight excluding hydrogens is 392 g/mol. The van der Waals surface area contributed by atoms with Gasteiger partial charge in [0, 0.05) is 11.1 Å². The van der Waals surface area contributed by atoms with Crippen molar-refractivity contribution in [3.63, 3.8) is 0 Å². The molecule has 0 saturated heterocycles. The molecule has 0 aliphatic carbocycles. The molecule has 31 heavy (non-hydrogen) atoms. The zero-order valence-corrected chi connectivity index (χ0v) is 17.5. The van der Waals surface area contributed by atoms with E-state index in [2.05, 4.69) is 36.2 Å². The molecule has 0 atom stereocenters. The van der Waals surface area contributed by atoms with Crippen molar-refractivity contribution < 1.29 is 14.3 Å². The fourth-order valence-corrected chi connectivity index (χ4v) is 3.46. The van der Waals surface area contributed by atoms with Crippen molar-refractivity contribution in [2.75, 3.05) is 12.1 Å². The van der Waals surface area contributed by atoms with Gasteiger partial charge in [-0.2, -0.15) is 5.10 Å². The molecule has 2 aromatic carbocycles. The van der Waals surface area contributed by atoms with E-state index in [1.807, 2.05) is 54.6 Å². The molecule has 1 aliphatic rings. The zero-order chi connectivity index (χ0) is 21.6. The molecule has 0 bridgehead atoms. The number of imidazole rings is 1. The van der Waals surface area contributed by atoms with Gasteiger partial charge in [0.15, 0.2) is 23.0 Å². The Kier molecular flexibility index (Phi) is 4.39. The normalized spacial score (nSPS) is 12.9. The summed E-state index contributed by atoms with van der Waals surface area (Å²) in [4.78, 5) is 17.1. The van der Waals surface area contributed by atoms with Crippen molar-refractivity contribution >= 4 is 17.4 Å². The Labute approximate surface area is 179 Å². The summed E-state index contributed by atoms with van der Waals surface area (Å²) in [7, 11) is 0. The van der Waals surface area contributed by atoms with E-state index < -0.39 is 0 Å². The lowest BCUT2D eigenvalue weighted by Crippen LogP contribution is -2.14. The molecule has 0 fully saturated rings. The second-order valence-electron chi connectivity index (χ2n) is 8.50. The van der Waals surface area contributed by atoms with Gasteiger partial charge in [0.1, 0.15) is 0 Å². The number of nitrogens with one attached hydrogen (secondary N) is 1. The van der Waals surface area contributed by atoms with Crippen molar-refractivity contribution in [3.8, 4) is 22.8 Å². The van der Waals surface area contributed by atoms with E-state index in [4.69, 9.17) is 9.47 Å². The van der Waals surface area contributed by atoms with E-state index in [1.54, 1.807) is 10.7 Å². The first kappa shape index (κ1) is 19.1. The Morgan fingerprint density at radius 2 is 1.77 bits per heavy atom. The van der Waals surface area contributed by atoms with Crippen molar-refractivity contribution in [1.29, 1.82) is 0 Å². The maximum Gasteiger partial charge on any atom is 0.256 e. The SMILES string of the molecule is CC(C)(C)c1ccc(C(=O)Nc2cn3nc(-c4ccc5c(c4)OCO5)ccc3n2)cc1. The molecule has 5 rings (SSSR count). The third kappa shape index (κ3) is 3.70. The van der Waals surface area contributed by atoms with Gasteiger partial charge >= 0.3 is 0 Å². The zero-order valence-electron chi connectivity index (χ0n) is 17.5. The molecule has 1 amide bonds. The van der Waals surface area contributed by atoms with E-state index in [1.165, 1.54) is 5.56 Å². The average Bonchev–Trinajstić information content (AvgIpc) is 3.38. The highest BCUT2D eigenvalue weighted by Crippen LogP contribution is 2.35. The quantitative estimate of drug-likeness (QED) is 0.527. The first-order valence-electron chi connectivity index (χ1n) is 10.1. The molecule has 1 N–H and O–H groups in total. The number of nitrogens with zero attached hydrogens (tertiary/aromatic N) is 3. The molecule has 2 aromatic heterocycles. The number of fused-ring (bicyclic) bond motifs is 2. The van der Waals surface area contributed by atoms with Crippen molar-refractivity contribution in [2.24, 2.45) is 0 Å². The summed E-state index contributed by atoms with van der Waals surface area (Å²) in [5, 5.41) is 7.47. The molecular formula is C24H22N4O3. The number of carbonyl (C=O) groups excluding carboxylic acids is 1. The van der Waals surface area contributed by atoms with Gasteiger partial charge < -0.3 is 14.8 Å². The second kappa shape index (κ2) is 7.12. The van der Waals surface area contributed by atoms with Crippen LogP contribution >= 0.6 is 0 Å². The lowest BCUT2D eigenvalue weighted by Gasteiger charge is -2.18. The smallest absolute Gasteiger partial charge is 0.256 e. The fourth-order valence-electron chi connectivity index (χ4n) is 3.46. The highest BCUT2D eigenvalue weighted by atomic mass is 16.7. The van der Waals surface area contributed by atoms with Gasteiger partial charge in [-0.15, -0.1) is 0 Å². The molecule has 4 aromatic rings. The first-order chi connectivity index (χ1) is 14.9. The number of aromatic nitrogens is 3. The van der Waals surface area contributed by atoms with Crippen LogP contribution < -0.4 is 14.8 Å². The van der Waals surface area contributed by atoms with Crippen molar-refractivity contribution in [2.45, 2.75) is 26.2 Å². The molecule has 0 saturated carbocycles. The summed E-state index contributed by atoms with van der Waals surface area (Å²) in [5.41, 5.74) is 4.11. The molecule has 1 aliphatic heterocycles. The Balaban J connectivity index is 1.37. The van der Waals surface area contributed by atoms with Crippen LogP contribution in [0.3, 0.4) is 0 Å². The molecule has 7 heteroatoms. The standard InChI is InChI=1S/C24H22N4O3/c1-24(2,3)17-7-4-15(5-8-17)23(29)26-21-13-28-22(25-21)11-9-18(27-28)16-6-10-19-20(12-16)31-14-30-19/h4-13H,14H2,1-3H3,(H,26,29). The van der Waals surface area contributed by atoms with Gasteiger partial charge in [0.2, 0.25) is 6.79 Å². The maximum atomic E-state index is 12.6. The van der Waals surface area contributed by atoms with Gasteiger partial charge in [-0.3, -0.25) is 4.79 Å². The van der Waals surface area contributed by atoms with Crippen LogP contribution in [0.4, 0.5) is 5.82 Å². The van der Waals surface area contributed by atoms with Gasteiger partial charge in [0.25, 0.3) is 5.91 Å². The minimum atomic E-state index is -0.208. The summed E-state index contributed by atoms with van der Waals surface area (Å²) < 4.78 is 12.5. The molecule has 156 valence electrons. The molecule has 0 spiro atoms. The Bertz CT molecular complexity index is 1290. The number of amides is 1. The predicted octanol–water partition coefficient (Wildman–Crippen LogP) is 4.67. The van der Waals surface area contributed by atoms with Gasteiger partial charge in [0.05, 0.1) is 11.9 Å². The topological polar surface area (TPSA) is 77.8 Å². The Morgan fingerprint density at radius 1 is 1.00 bits per heavy atom. The monoisotopic (exact) mass is 414 g/mol. The number of hydrogen-bond acceptors (Lipinski definition) is 5. The van der Waals surface area contributed by atoms with Crippen molar-refractivity contribution in [3.05, 3.63) is 71.9 Å². The summed E-state index contributed by atoms with van der Waals surface area (Å²) in [6, 6.07) is 17.1. The van der Waals surface area contributed by atoms with E-state index in [9.17, 15) is 4.79 Å². The Hall–Kier alpha value is -3.87. The maximum absolute atomic E-state index is 12.6. The van der Waals surface area contributed by atoms with Crippen LogP contribution in [0.5, 0.6) is 11.5 Å².